The van der Waals surface area contributed by atoms with E-state index in [-0.39, 0.29) is 29.8 Å². The second-order valence-electron chi connectivity index (χ2n) is 8.39. The highest BCUT2D eigenvalue weighted by molar-refractivity contribution is 5.94. The van der Waals surface area contributed by atoms with E-state index in [1.165, 1.54) is 19.1 Å². The normalized spacial score (nSPS) is 15.9. The number of pyridine rings is 2. The molecule has 1 aliphatic rings. The summed E-state index contributed by atoms with van der Waals surface area (Å²) < 4.78 is 43.0. The van der Waals surface area contributed by atoms with E-state index in [1.54, 1.807) is 28.9 Å². The fourth-order valence-electron chi connectivity index (χ4n) is 4.48. The zero-order chi connectivity index (χ0) is 25.4. The van der Waals surface area contributed by atoms with E-state index in [9.17, 15) is 9.59 Å². The number of rotatable bonds is 4. The molecule has 11 heteroatoms. The minimum absolute atomic E-state index is 0.0857. The highest BCUT2D eigenvalue weighted by Gasteiger charge is 2.29. The standard InChI is InChI=1S/C25H23F2N5O4/c1-28-24(33)15-8-17(26)22(18(27)9-15)23-20(11-16-12-31(6-7-36-16)25(34)35-2)32-13-19-14(4-3-5-29-19)10-21(32)30-23/h3-5,8-10,13,16H,6-7,11-12H2,1-2H3,(H,28,33)/t16-/m0/s1. The molecule has 0 bridgehead atoms. The van der Waals surface area contributed by atoms with Crippen molar-refractivity contribution in [2.24, 2.45) is 0 Å². The monoisotopic (exact) mass is 495 g/mol. The number of aromatic nitrogens is 3. The van der Waals surface area contributed by atoms with Gasteiger partial charge in [-0.25, -0.2) is 18.6 Å². The molecule has 4 heterocycles. The van der Waals surface area contributed by atoms with Crippen molar-refractivity contribution in [2.75, 3.05) is 33.9 Å². The van der Waals surface area contributed by atoms with E-state index in [0.29, 0.717) is 30.0 Å². The van der Waals surface area contributed by atoms with Crippen molar-refractivity contribution in [3.63, 3.8) is 0 Å². The molecule has 9 nitrogen and oxygen atoms in total. The minimum Gasteiger partial charge on any atom is -0.453 e. The Balaban J connectivity index is 1.65. The third-order valence-electron chi connectivity index (χ3n) is 6.21. The number of hydrogen-bond donors (Lipinski definition) is 1. The largest absolute Gasteiger partial charge is 0.453 e. The van der Waals surface area contributed by atoms with Crippen molar-refractivity contribution in [1.29, 1.82) is 0 Å². The molecule has 1 N–H and O–H groups in total. The van der Waals surface area contributed by atoms with Gasteiger partial charge in [0.1, 0.15) is 17.3 Å². The van der Waals surface area contributed by atoms with Gasteiger partial charge in [-0.15, -0.1) is 0 Å². The molecule has 36 heavy (non-hydrogen) atoms. The van der Waals surface area contributed by atoms with E-state index < -0.39 is 29.7 Å². The van der Waals surface area contributed by atoms with Gasteiger partial charge >= 0.3 is 6.09 Å². The molecule has 1 atom stereocenters. The summed E-state index contributed by atoms with van der Waals surface area (Å²) in [5, 5.41) is 3.18. The predicted octanol–water partition coefficient (Wildman–Crippen LogP) is 3.20. The summed E-state index contributed by atoms with van der Waals surface area (Å²) in [6.07, 6.45) is 2.68. The predicted molar refractivity (Wildman–Crippen MR) is 127 cm³/mol. The lowest BCUT2D eigenvalue weighted by Gasteiger charge is -2.32. The molecule has 1 saturated heterocycles. The quantitative estimate of drug-likeness (QED) is 0.467. The van der Waals surface area contributed by atoms with Gasteiger partial charge in [-0.05, 0) is 24.3 Å². The first kappa shape index (κ1) is 23.6. The third kappa shape index (κ3) is 4.22. The molecule has 5 rings (SSSR count). The summed E-state index contributed by atoms with van der Waals surface area (Å²) in [5.74, 6) is -2.44. The summed E-state index contributed by atoms with van der Waals surface area (Å²) in [5.41, 5.74) is 1.23. The van der Waals surface area contributed by atoms with E-state index in [4.69, 9.17) is 9.47 Å². The number of carbonyl (C=O) groups is 2. The SMILES string of the molecule is CNC(=O)c1cc(F)c(-c2nc3cc4cccnc4cn3c2C[C@H]2CN(C(=O)OC)CCO2)c(F)c1. The molecule has 0 saturated carbocycles. The number of hydrogen-bond acceptors (Lipinski definition) is 6. The smallest absolute Gasteiger partial charge is 0.409 e. The van der Waals surface area contributed by atoms with Crippen LogP contribution in [0.15, 0.2) is 42.7 Å². The average Bonchev–Trinajstić information content (AvgIpc) is 3.22. The van der Waals surface area contributed by atoms with Crippen molar-refractivity contribution in [1.82, 2.24) is 24.6 Å². The van der Waals surface area contributed by atoms with Gasteiger partial charge < -0.3 is 24.1 Å². The second kappa shape index (κ2) is 9.50. The first-order chi connectivity index (χ1) is 17.4. The zero-order valence-corrected chi connectivity index (χ0v) is 19.6. The highest BCUT2D eigenvalue weighted by Crippen LogP contribution is 2.32. The molecule has 0 aliphatic carbocycles. The number of halogens is 2. The number of methoxy groups -OCH3 is 1. The number of morpholine rings is 1. The summed E-state index contributed by atoms with van der Waals surface area (Å²) in [6.45, 7) is 0.910. The molecule has 0 unspecified atom stereocenters. The number of nitrogens with one attached hydrogen (secondary N) is 1. The molecule has 4 aromatic rings. The van der Waals surface area contributed by atoms with Gasteiger partial charge in [-0.2, -0.15) is 0 Å². The third-order valence-corrected chi connectivity index (χ3v) is 6.21. The Morgan fingerprint density at radius 3 is 2.75 bits per heavy atom. The maximum Gasteiger partial charge on any atom is 0.409 e. The molecule has 0 spiro atoms. The minimum atomic E-state index is -0.915. The van der Waals surface area contributed by atoms with Crippen LogP contribution in [-0.2, 0) is 15.9 Å². The maximum absolute atomic E-state index is 15.3. The summed E-state index contributed by atoms with van der Waals surface area (Å²) >= 11 is 0. The van der Waals surface area contributed by atoms with E-state index >= 15 is 8.78 Å². The summed E-state index contributed by atoms with van der Waals surface area (Å²) in [6, 6.07) is 7.41. The Bertz CT molecular complexity index is 1470. The van der Waals surface area contributed by atoms with Gasteiger partial charge in [0.15, 0.2) is 0 Å². The van der Waals surface area contributed by atoms with Crippen LogP contribution in [0.4, 0.5) is 13.6 Å². The molecule has 3 aromatic heterocycles. The van der Waals surface area contributed by atoms with E-state index in [2.05, 4.69) is 15.3 Å². The molecule has 1 aliphatic heterocycles. The zero-order valence-electron chi connectivity index (χ0n) is 19.6. The van der Waals surface area contributed by atoms with Crippen LogP contribution in [0.25, 0.3) is 27.8 Å². The highest BCUT2D eigenvalue weighted by atomic mass is 19.1. The molecular formula is C25H23F2N5O4. The van der Waals surface area contributed by atoms with Gasteiger partial charge in [0.25, 0.3) is 5.91 Å². The van der Waals surface area contributed by atoms with Crippen LogP contribution in [0.1, 0.15) is 16.1 Å². The molecule has 2 amide bonds. The number of nitrogens with zero attached hydrogens (tertiary/aromatic N) is 4. The number of amides is 2. The van der Waals surface area contributed by atoms with E-state index in [0.717, 1.165) is 17.5 Å². The van der Waals surface area contributed by atoms with Gasteiger partial charge in [-0.1, -0.05) is 6.07 Å². The molecular weight excluding hydrogens is 472 g/mol. The maximum atomic E-state index is 15.3. The van der Waals surface area contributed by atoms with Crippen LogP contribution in [0.3, 0.4) is 0 Å². The van der Waals surface area contributed by atoms with Gasteiger partial charge in [-0.3, -0.25) is 9.78 Å². The average molecular weight is 495 g/mol. The van der Waals surface area contributed by atoms with Crippen molar-refractivity contribution in [3.8, 4) is 11.3 Å². The topological polar surface area (TPSA) is 98.1 Å². The second-order valence-corrected chi connectivity index (χ2v) is 8.39. The first-order valence-electron chi connectivity index (χ1n) is 11.3. The van der Waals surface area contributed by atoms with Gasteiger partial charge in [0, 0.05) is 43.4 Å². The number of imidazole rings is 1. The number of fused-ring (bicyclic) bond motifs is 2. The first-order valence-corrected chi connectivity index (χ1v) is 11.3. The van der Waals surface area contributed by atoms with Crippen LogP contribution in [0.2, 0.25) is 0 Å². The Labute approximate surface area is 204 Å². The summed E-state index contributed by atoms with van der Waals surface area (Å²) in [7, 11) is 2.69. The fourth-order valence-corrected chi connectivity index (χ4v) is 4.48. The lowest BCUT2D eigenvalue weighted by atomic mass is 10.0. The van der Waals surface area contributed by atoms with Crippen molar-refractivity contribution in [3.05, 3.63) is 65.6 Å². The number of benzene rings is 1. The molecule has 1 aromatic carbocycles. The molecule has 0 radical (unpaired) electrons. The van der Waals surface area contributed by atoms with Gasteiger partial charge in [0.05, 0.1) is 48.8 Å². The molecule has 1 fully saturated rings. The Kier molecular flexibility index (Phi) is 6.23. The summed E-state index contributed by atoms with van der Waals surface area (Å²) in [4.78, 5) is 34.5. The Hall–Kier alpha value is -4.12. The Morgan fingerprint density at radius 1 is 1.25 bits per heavy atom. The Morgan fingerprint density at radius 2 is 2.03 bits per heavy atom. The molecule has 186 valence electrons. The number of carbonyl (C=O) groups excluding carboxylic acids is 2. The van der Waals surface area contributed by atoms with Crippen molar-refractivity contribution < 1.29 is 27.8 Å². The fraction of sp³-hybridized carbons (Fsp3) is 0.280. The van der Waals surface area contributed by atoms with Crippen LogP contribution in [-0.4, -0.2) is 71.2 Å². The van der Waals surface area contributed by atoms with E-state index in [1.807, 2.05) is 6.07 Å². The lowest BCUT2D eigenvalue weighted by molar-refractivity contribution is -0.0241. The van der Waals surface area contributed by atoms with Gasteiger partial charge in [0.2, 0.25) is 0 Å². The number of ether oxygens (including phenoxy) is 2. The lowest BCUT2D eigenvalue weighted by Crippen LogP contribution is -2.46. The van der Waals surface area contributed by atoms with Crippen LogP contribution in [0.5, 0.6) is 0 Å². The van der Waals surface area contributed by atoms with Crippen LogP contribution >= 0.6 is 0 Å². The van der Waals surface area contributed by atoms with Crippen molar-refractivity contribution in [2.45, 2.75) is 12.5 Å². The van der Waals surface area contributed by atoms with Crippen LogP contribution < -0.4 is 5.32 Å². The van der Waals surface area contributed by atoms with Crippen molar-refractivity contribution >= 4 is 28.6 Å². The van der Waals surface area contributed by atoms with Crippen LogP contribution in [0, 0.1) is 11.6 Å².